The molecule has 1 amide bonds. The lowest BCUT2D eigenvalue weighted by Gasteiger charge is -2.23. The SMILES string of the molecule is O=C(COc1ccc2oc3c(c2c1)CCCC3)N[C@H]1CCCNC1. The number of ether oxygens (including phenoxy) is 1. The van der Waals surface area contributed by atoms with Crippen molar-refractivity contribution in [3.63, 3.8) is 0 Å². The summed E-state index contributed by atoms with van der Waals surface area (Å²) in [5, 5.41) is 7.46. The highest BCUT2D eigenvalue weighted by atomic mass is 16.5. The van der Waals surface area contributed by atoms with Gasteiger partial charge in [0.05, 0.1) is 0 Å². The number of hydrogen-bond donors (Lipinski definition) is 2. The molecular weight excluding hydrogens is 304 g/mol. The van der Waals surface area contributed by atoms with Gasteiger partial charge in [-0.15, -0.1) is 0 Å². The average molecular weight is 328 g/mol. The van der Waals surface area contributed by atoms with Crippen LogP contribution in [0.1, 0.15) is 37.0 Å². The van der Waals surface area contributed by atoms with Crippen molar-refractivity contribution in [1.82, 2.24) is 10.6 Å². The van der Waals surface area contributed by atoms with E-state index in [1.807, 2.05) is 18.2 Å². The summed E-state index contributed by atoms with van der Waals surface area (Å²) >= 11 is 0. The predicted octanol–water partition coefficient (Wildman–Crippen LogP) is 2.56. The number of aryl methyl sites for hydroxylation is 2. The number of amides is 1. The van der Waals surface area contributed by atoms with Crippen molar-refractivity contribution < 1.29 is 13.9 Å². The Morgan fingerprint density at radius 3 is 3.08 bits per heavy atom. The lowest BCUT2D eigenvalue weighted by Crippen LogP contribution is -2.46. The van der Waals surface area contributed by atoms with Crippen LogP contribution in [0.4, 0.5) is 0 Å². The molecule has 1 atom stereocenters. The van der Waals surface area contributed by atoms with E-state index in [1.165, 1.54) is 18.4 Å². The van der Waals surface area contributed by atoms with Crippen molar-refractivity contribution in [2.24, 2.45) is 0 Å². The number of piperidine rings is 1. The number of furan rings is 1. The summed E-state index contributed by atoms with van der Waals surface area (Å²) in [5.74, 6) is 1.79. The predicted molar refractivity (Wildman–Crippen MR) is 92.4 cm³/mol. The summed E-state index contributed by atoms with van der Waals surface area (Å²) in [6.07, 6.45) is 6.65. The monoisotopic (exact) mass is 328 g/mol. The first kappa shape index (κ1) is 15.5. The Bertz CT molecular complexity index is 732. The second kappa shape index (κ2) is 6.85. The van der Waals surface area contributed by atoms with Crippen molar-refractivity contribution in [1.29, 1.82) is 0 Å². The van der Waals surface area contributed by atoms with Crippen LogP contribution >= 0.6 is 0 Å². The summed E-state index contributed by atoms with van der Waals surface area (Å²) in [7, 11) is 0. The van der Waals surface area contributed by atoms with Crippen LogP contribution in [0.15, 0.2) is 22.6 Å². The number of nitrogens with one attached hydrogen (secondary N) is 2. The van der Waals surface area contributed by atoms with Crippen LogP contribution in [-0.2, 0) is 17.6 Å². The Morgan fingerprint density at radius 2 is 2.21 bits per heavy atom. The molecule has 1 saturated heterocycles. The van der Waals surface area contributed by atoms with E-state index in [0.29, 0.717) is 0 Å². The van der Waals surface area contributed by atoms with Gasteiger partial charge in [-0.1, -0.05) is 0 Å². The quantitative estimate of drug-likeness (QED) is 0.905. The first-order valence-electron chi connectivity index (χ1n) is 8.97. The maximum absolute atomic E-state index is 12.0. The van der Waals surface area contributed by atoms with E-state index in [0.717, 1.165) is 61.3 Å². The van der Waals surface area contributed by atoms with Crippen molar-refractivity contribution in [2.45, 2.75) is 44.6 Å². The number of carbonyl (C=O) groups is 1. The van der Waals surface area contributed by atoms with Crippen LogP contribution < -0.4 is 15.4 Å². The molecule has 5 heteroatoms. The summed E-state index contributed by atoms with van der Waals surface area (Å²) < 4.78 is 11.6. The van der Waals surface area contributed by atoms with Gasteiger partial charge in [0.15, 0.2) is 6.61 Å². The Morgan fingerprint density at radius 1 is 1.29 bits per heavy atom. The molecule has 5 nitrogen and oxygen atoms in total. The molecule has 4 rings (SSSR count). The molecule has 0 spiro atoms. The number of fused-ring (bicyclic) bond motifs is 3. The molecule has 2 heterocycles. The Balaban J connectivity index is 1.40. The molecule has 1 aliphatic heterocycles. The Kier molecular flexibility index (Phi) is 4.43. The van der Waals surface area contributed by atoms with Crippen LogP contribution in [0, 0.1) is 0 Å². The van der Waals surface area contributed by atoms with Gasteiger partial charge < -0.3 is 19.8 Å². The Labute approximate surface area is 141 Å². The van der Waals surface area contributed by atoms with Gasteiger partial charge in [-0.25, -0.2) is 0 Å². The van der Waals surface area contributed by atoms with Gasteiger partial charge in [0, 0.05) is 30.0 Å². The van der Waals surface area contributed by atoms with Crippen LogP contribution in [-0.4, -0.2) is 31.6 Å². The number of benzene rings is 1. The third-order valence-electron chi connectivity index (χ3n) is 4.96. The zero-order valence-corrected chi connectivity index (χ0v) is 13.9. The van der Waals surface area contributed by atoms with Gasteiger partial charge in [-0.05, 0) is 56.8 Å². The number of carbonyl (C=O) groups excluding carboxylic acids is 1. The molecular formula is C19H24N2O3. The van der Waals surface area contributed by atoms with Gasteiger partial charge in [0.25, 0.3) is 5.91 Å². The highest BCUT2D eigenvalue weighted by Gasteiger charge is 2.19. The molecule has 1 aromatic carbocycles. The number of hydrogen-bond acceptors (Lipinski definition) is 4. The topological polar surface area (TPSA) is 63.5 Å². The molecule has 1 fully saturated rings. The highest BCUT2D eigenvalue weighted by molar-refractivity contribution is 5.84. The lowest BCUT2D eigenvalue weighted by atomic mass is 9.96. The average Bonchev–Trinajstić information content (AvgIpc) is 2.99. The molecule has 0 radical (unpaired) electrons. The van der Waals surface area contributed by atoms with Gasteiger partial charge in [0.1, 0.15) is 17.1 Å². The van der Waals surface area contributed by atoms with E-state index in [-0.39, 0.29) is 18.6 Å². The standard InChI is InChI=1S/C19H24N2O3/c22-19(21-13-4-3-9-20-11-13)12-23-14-7-8-18-16(10-14)15-5-1-2-6-17(15)24-18/h7-8,10,13,20H,1-6,9,11-12H2,(H,21,22)/t13-/m0/s1. The fourth-order valence-corrected chi connectivity index (χ4v) is 3.72. The van der Waals surface area contributed by atoms with Crippen molar-refractivity contribution in [3.8, 4) is 5.75 Å². The lowest BCUT2D eigenvalue weighted by molar-refractivity contribution is -0.123. The molecule has 1 aliphatic carbocycles. The third-order valence-corrected chi connectivity index (χ3v) is 4.96. The minimum absolute atomic E-state index is 0.0574. The van der Waals surface area contributed by atoms with E-state index in [4.69, 9.17) is 9.15 Å². The maximum Gasteiger partial charge on any atom is 0.258 e. The fourth-order valence-electron chi connectivity index (χ4n) is 3.72. The van der Waals surface area contributed by atoms with Gasteiger partial charge >= 0.3 is 0 Å². The maximum atomic E-state index is 12.0. The molecule has 2 aromatic rings. The zero-order valence-electron chi connectivity index (χ0n) is 13.9. The molecule has 0 bridgehead atoms. The van der Waals surface area contributed by atoms with E-state index in [9.17, 15) is 4.79 Å². The second-order valence-electron chi connectivity index (χ2n) is 6.77. The first-order valence-corrected chi connectivity index (χ1v) is 8.97. The van der Waals surface area contributed by atoms with Gasteiger partial charge in [-0.2, -0.15) is 0 Å². The minimum Gasteiger partial charge on any atom is -0.484 e. The first-order chi connectivity index (χ1) is 11.8. The van der Waals surface area contributed by atoms with Crippen molar-refractivity contribution in [2.75, 3.05) is 19.7 Å². The van der Waals surface area contributed by atoms with Crippen LogP contribution in [0.5, 0.6) is 5.75 Å². The molecule has 1 aromatic heterocycles. The summed E-state index contributed by atoms with van der Waals surface area (Å²) in [6.45, 7) is 1.94. The van der Waals surface area contributed by atoms with Crippen LogP contribution in [0.3, 0.4) is 0 Å². The largest absolute Gasteiger partial charge is 0.484 e. The molecule has 2 N–H and O–H groups in total. The van der Waals surface area contributed by atoms with E-state index in [1.54, 1.807) is 0 Å². The van der Waals surface area contributed by atoms with Crippen LogP contribution in [0.2, 0.25) is 0 Å². The summed E-state index contributed by atoms with van der Waals surface area (Å²) in [6, 6.07) is 6.06. The van der Waals surface area contributed by atoms with Crippen molar-refractivity contribution >= 4 is 16.9 Å². The molecule has 0 saturated carbocycles. The van der Waals surface area contributed by atoms with E-state index >= 15 is 0 Å². The minimum atomic E-state index is -0.0574. The van der Waals surface area contributed by atoms with Gasteiger partial charge in [-0.3, -0.25) is 4.79 Å². The van der Waals surface area contributed by atoms with Crippen LogP contribution in [0.25, 0.3) is 11.0 Å². The molecule has 128 valence electrons. The van der Waals surface area contributed by atoms with Gasteiger partial charge in [0.2, 0.25) is 0 Å². The number of rotatable bonds is 4. The summed E-state index contributed by atoms with van der Waals surface area (Å²) in [5.41, 5.74) is 2.24. The smallest absolute Gasteiger partial charge is 0.258 e. The third kappa shape index (κ3) is 3.26. The second-order valence-corrected chi connectivity index (χ2v) is 6.77. The fraction of sp³-hybridized carbons (Fsp3) is 0.526. The van der Waals surface area contributed by atoms with E-state index < -0.39 is 0 Å². The molecule has 0 unspecified atom stereocenters. The Hall–Kier alpha value is -2.01. The normalized spacial score (nSPS) is 20.6. The van der Waals surface area contributed by atoms with Crippen molar-refractivity contribution in [3.05, 3.63) is 29.5 Å². The zero-order chi connectivity index (χ0) is 16.4. The molecule has 2 aliphatic rings. The highest BCUT2D eigenvalue weighted by Crippen LogP contribution is 2.33. The summed E-state index contributed by atoms with van der Waals surface area (Å²) in [4.78, 5) is 12.0. The molecule has 24 heavy (non-hydrogen) atoms. The van der Waals surface area contributed by atoms with E-state index in [2.05, 4.69) is 10.6 Å².